The Bertz CT molecular complexity index is 813. The number of carbonyl (C=O) groups excluding carboxylic acids is 1. The van der Waals surface area contributed by atoms with Gasteiger partial charge in [-0.05, 0) is 66.6 Å². The van der Waals surface area contributed by atoms with Gasteiger partial charge < -0.3 is 19.7 Å². The van der Waals surface area contributed by atoms with Crippen LogP contribution in [0.15, 0.2) is 42.5 Å². The molecule has 4 rings (SSSR count). The number of hydrogen-bond donors (Lipinski definition) is 1. The second-order valence-electron chi connectivity index (χ2n) is 7.54. The highest BCUT2D eigenvalue weighted by Gasteiger charge is 2.34. The smallest absolute Gasteiger partial charge is 0.224 e. The third-order valence-electron chi connectivity index (χ3n) is 5.26. The minimum Gasteiger partial charge on any atom is -0.486 e. The molecule has 2 aromatic rings. The summed E-state index contributed by atoms with van der Waals surface area (Å²) in [6.45, 7) is 1.17. The molecule has 0 saturated heterocycles. The van der Waals surface area contributed by atoms with Crippen LogP contribution < -0.4 is 19.7 Å². The van der Waals surface area contributed by atoms with Gasteiger partial charge in [0.25, 0.3) is 0 Å². The summed E-state index contributed by atoms with van der Waals surface area (Å²) in [5.41, 5.74) is 3.11. The van der Waals surface area contributed by atoms with E-state index in [0.717, 1.165) is 22.9 Å². The highest BCUT2D eigenvalue weighted by molar-refractivity contribution is 5.91. The lowest BCUT2D eigenvalue weighted by Crippen LogP contribution is -2.18. The van der Waals surface area contributed by atoms with Crippen molar-refractivity contribution >= 4 is 17.3 Å². The number of anilines is 2. The number of nitrogens with one attached hydrogen (secondary N) is 1. The standard InChI is InChI=1S/C22H26N2O3/c1-24(2)18-8-6-17(7-9-18)23-22(25)14-19(15-3-4-15)16-5-10-20-21(13-16)27-12-11-26-20/h5-10,13,15,19H,3-4,11-12,14H2,1-2H3,(H,23,25). The summed E-state index contributed by atoms with van der Waals surface area (Å²) < 4.78 is 11.3. The molecular formula is C22H26N2O3. The molecule has 0 radical (unpaired) electrons. The molecule has 0 bridgehead atoms. The highest BCUT2D eigenvalue weighted by atomic mass is 16.6. The van der Waals surface area contributed by atoms with Gasteiger partial charge in [-0.3, -0.25) is 4.79 Å². The number of nitrogens with zero attached hydrogens (tertiary/aromatic N) is 1. The first-order valence-corrected chi connectivity index (χ1v) is 9.57. The minimum atomic E-state index is 0.0550. The van der Waals surface area contributed by atoms with Crippen molar-refractivity contribution in [2.75, 3.05) is 37.5 Å². The molecule has 27 heavy (non-hydrogen) atoms. The van der Waals surface area contributed by atoms with Crippen molar-refractivity contribution in [2.45, 2.75) is 25.2 Å². The number of rotatable bonds is 6. The van der Waals surface area contributed by atoms with Gasteiger partial charge in [-0.15, -0.1) is 0 Å². The third kappa shape index (κ3) is 4.18. The molecule has 1 atom stereocenters. The second kappa shape index (κ2) is 7.51. The molecular weight excluding hydrogens is 340 g/mol. The Morgan fingerprint density at radius 1 is 1.07 bits per heavy atom. The largest absolute Gasteiger partial charge is 0.486 e. The van der Waals surface area contributed by atoms with Crippen LogP contribution in [-0.2, 0) is 4.79 Å². The average Bonchev–Trinajstić information content (AvgIpc) is 3.51. The third-order valence-corrected chi connectivity index (χ3v) is 5.26. The maximum atomic E-state index is 12.7. The summed E-state index contributed by atoms with van der Waals surface area (Å²) in [5, 5.41) is 3.04. The Balaban J connectivity index is 1.44. The highest BCUT2D eigenvalue weighted by Crippen LogP contribution is 2.46. The normalized spacial score (nSPS) is 16.5. The number of ether oxygens (including phenoxy) is 2. The minimum absolute atomic E-state index is 0.0550. The Hall–Kier alpha value is -2.69. The summed E-state index contributed by atoms with van der Waals surface area (Å²) in [4.78, 5) is 14.7. The molecule has 1 amide bonds. The molecule has 142 valence electrons. The Kier molecular flexibility index (Phi) is 4.92. The van der Waals surface area contributed by atoms with Crippen molar-refractivity contribution in [2.24, 2.45) is 5.92 Å². The van der Waals surface area contributed by atoms with Crippen LogP contribution >= 0.6 is 0 Å². The fraction of sp³-hybridized carbons (Fsp3) is 0.409. The van der Waals surface area contributed by atoms with E-state index >= 15 is 0 Å². The molecule has 5 heteroatoms. The lowest BCUT2D eigenvalue weighted by molar-refractivity contribution is -0.116. The fourth-order valence-electron chi connectivity index (χ4n) is 3.60. The predicted octanol–water partition coefficient (Wildman–Crippen LogP) is 4.05. The second-order valence-corrected chi connectivity index (χ2v) is 7.54. The maximum absolute atomic E-state index is 12.7. The molecule has 1 fully saturated rings. The van der Waals surface area contributed by atoms with E-state index in [-0.39, 0.29) is 11.8 Å². The molecule has 1 aliphatic heterocycles. The van der Waals surface area contributed by atoms with E-state index in [2.05, 4.69) is 17.4 Å². The average molecular weight is 366 g/mol. The number of hydrogen-bond acceptors (Lipinski definition) is 4. The number of amides is 1. The molecule has 0 aromatic heterocycles. The molecule has 1 unspecified atom stereocenters. The Labute approximate surface area is 160 Å². The van der Waals surface area contributed by atoms with E-state index in [0.29, 0.717) is 25.6 Å². The van der Waals surface area contributed by atoms with Crippen LogP contribution in [0.25, 0.3) is 0 Å². The van der Waals surface area contributed by atoms with Crippen LogP contribution in [0.1, 0.15) is 30.7 Å². The molecule has 5 nitrogen and oxygen atoms in total. The van der Waals surface area contributed by atoms with E-state index in [4.69, 9.17) is 9.47 Å². The monoisotopic (exact) mass is 366 g/mol. The van der Waals surface area contributed by atoms with Gasteiger partial charge >= 0.3 is 0 Å². The van der Waals surface area contributed by atoms with Gasteiger partial charge in [-0.1, -0.05) is 6.07 Å². The zero-order valence-corrected chi connectivity index (χ0v) is 15.9. The molecule has 0 spiro atoms. The summed E-state index contributed by atoms with van der Waals surface area (Å²) in [5.74, 6) is 2.45. The molecule has 1 aliphatic carbocycles. The SMILES string of the molecule is CN(C)c1ccc(NC(=O)CC(c2ccc3c(c2)OCCO3)C2CC2)cc1. The van der Waals surface area contributed by atoms with Gasteiger partial charge in [-0.2, -0.15) is 0 Å². The Morgan fingerprint density at radius 3 is 2.44 bits per heavy atom. The van der Waals surface area contributed by atoms with Crippen molar-refractivity contribution in [3.05, 3.63) is 48.0 Å². The molecule has 2 aromatic carbocycles. The number of fused-ring (bicyclic) bond motifs is 1. The van der Waals surface area contributed by atoms with Crippen LogP contribution in [-0.4, -0.2) is 33.2 Å². The molecule has 1 saturated carbocycles. The predicted molar refractivity (Wildman–Crippen MR) is 107 cm³/mol. The molecule has 1 N–H and O–H groups in total. The van der Waals surface area contributed by atoms with E-state index in [1.807, 2.05) is 49.3 Å². The molecule has 2 aliphatic rings. The topological polar surface area (TPSA) is 50.8 Å². The van der Waals surface area contributed by atoms with E-state index < -0.39 is 0 Å². The van der Waals surface area contributed by atoms with Gasteiger partial charge in [0.2, 0.25) is 5.91 Å². The van der Waals surface area contributed by atoms with Gasteiger partial charge in [0, 0.05) is 31.9 Å². The summed E-state index contributed by atoms with van der Waals surface area (Å²) in [6.07, 6.45) is 2.85. The van der Waals surface area contributed by atoms with Crippen molar-refractivity contribution in [1.82, 2.24) is 0 Å². The summed E-state index contributed by atoms with van der Waals surface area (Å²) in [7, 11) is 4.00. The lowest BCUT2D eigenvalue weighted by Gasteiger charge is -2.22. The van der Waals surface area contributed by atoms with Crippen molar-refractivity contribution < 1.29 is 14.3 Å². The van der Waals surface area contributed by atoms with Crippen molar-refractivity contribution in [1.29, 1.82) is 0 Å². The molecule has 1 heterocycles. The number of carbonyl (C=O) groups is 1. The zero-order valence-electron chi connectivity index (χ0n) is 15.9. The maximum Gasteiger partial charge on any atom is 0.224 e. The van der Waals surface area contributed by atoms with E-state index in [1.165, 1.54) is 18.4 Å². The number of benzene rings is 2. The summed E-state index contributed by atoms with van der Waals surface area (Å²) in [6, 6.07) is 14.0. The van der Waals surface area contributed by atoms with Crippen molar-refractivity contribution in [3.8, 4) is 11.5 Å². The van der Waals surface area contributed by atoms with Crippen LogP contribution in [0.5, 0.6) is 11.5 Å². The zero-order chi connectivity index (χ0) is 18.8. The van der Waals surface area contributed by atoms with Crippen LogP contribution in [0, 0.1) is 5.92 Å². The quantitative estimate of drug-likeness (QED) is 0.838. The van der Waals surface area contributed by atoms with Crippen LogP contribution in [0.3, 0.4) is 0 Å². The van der Waals surface area contributed by atoms with Gasteiger partial charge in [0.05, 0.1) is 0 Å². The van der Waals surface area contributed by atoms with Gasteiger partial charge in [-0.25, -0.2) is 0 Å². The van der Waals surface area contributed by atoms with Crippen LogP contribution in [0.2, 0.25) is 0 Å². The van der Waals surface area contributed by atoms with Crippen molar-refractivity contribution in [3.63, 3.8) is 0 Å². The Morgan fingerprint density at radius 2 is 1.78 bits per heavy atom. The van der Waals surface area contributed by atoms with Gasteiger partial charge in [0.1, 0.15) is 13.2 Å². The first-order chi connectivity index (χ1) is 13.1. The first kappa shape index (κ1) is 17.7. The van der Waals surface area contributed by atoms with E-state index in [9.17, 15) is 4.79 Å². The summed E-state index contributed by atoms with van der Waals surface area (Å²) >= 11 is 0. The fourth-order valence-corrected chi connectivity index (χ4v) is 3.60. The lowest BCUT2D eigenvalue weighted by atomic mass is 9.90. The first-order valence-electron chi connectivity index (χ1n) is 9.57. The van der Waals surface area contributed by atoms with Gasteiger partial charge in [0.15, 0.2) is 11.5 Å². The van der Waals surface area contributed by atoms with E-state index in [1.54, 1.807) is 0 Å². The van der Waals surface area contributed by atoms with Crippen LogP contribution in [0.4, 0.5) is 11.4 Å².